The minimum atomic E-state index is -0.921. The largest absolute Gasteiger partial charge is 0.478 e. The minimum Gasteiger partial charge on any atom is -0.478 e. The third-order valence-electron chi connectivity index (χ3n) is 3.41. The molecule has 1 N–H and O–H groups in total. The Balaban J connectivity index is 2.48. The number of nitrogens with zero attached hydrogens (tertiary/aromatic N) is 2. The van der Waals surface area contributed by atoms with Crippen molar-refractivity contribution in [2.45, 2.75) is 46.6 Å². The van der Waals surface area contributed by atoms with Gasteiger partial charge in [-0.25, -0.2) is 9.78 Å². The van der Waals surface area contributed by atoms with E-state index in [-0.39, 0.29) is 16.5 Å². The van der Waals surface area contributed by atoms with E-state index in [4.69, 9.17) is 5.11 Å². The van der Waals surface area contributed by atoms with Gasteiger partial charge in [0.25, 0.3) is 0 Å². The van der Waals surface area contributed by atoms with E-state index in [0.717, 1.165) is 17.5 Å². The van der Waals surface area contributed by atoms with Crippen molar-refractivity contribution in [3.63, 3.8) is 0 Å². The Bertz CT molecular complexity index is 648. The smallest absolute Gasteiger partial charge is 0.335 e. The van der Waals surface area contributed by atoms with Crippen molar-refractivity contribution in [1.29, 1.82) is 0 Å². The van der Waals surface area contributed by atoms with Crippen molar-refractivity contribution in [2.75, 3.05) is 0 Å². The molecule has 4 heteroatoms. The van der Waals surface area contributed by atoms with Crippen LogP contribution >= 0.6 is 0 Å². The first-order valence-corrected chi connectivity index (χ1v) is 6.81. The van der Waals surface area contributed by atoms with Crippen LogP contribution in [0.4, 0.5) is 0 Å². The van der Waals surface area contributed by atoms with Crippen LogP contribution in [0, 0.1) is 5.41 Å². The number of carbonyl (C=O) groups is 1. The highest BCUT2D eigenvalue weighted by molar-refractivity contribution is 5.92. The van der Waals surface area contributed by atoms with E-state index < -0.39 is 5.97 Å². The van der Waals surface area contributed by atoms with Gasteiger partial charge in [0.2, 0.25) is 0 Å². The molecule has 0 unspecified atom stereocenters. The highest BCUT2D eigenvalue weighted by atomic mass is 16.4. The number of hydrogen-bond donors (Lipinski definition) is 1. The molecule has 1 heterocycles. The number of carboxylic acid groups (broad SMARTS) is 1. The Hall–Kier alpha value is -1.84. The normalized spacial score (nSPS) is 12.8. The number of benzene rings is 1. The molecule has 2 aromatic rings. The minimum absolute atomic E-state index is 0.0717. The number of carboxylic acids is 1. The fourth-order valence-corrected chi connectivity index (χ4v) is 3.01. The summed E-state index contributed by atoms with van der Waals surface area (Å²) in [6, 6.07) is 5.10. The van der Waals surface area contributed by atoms with Gasteiger partial charge in [0.15, 0.2) is 0 Å². The predicted octanol–water partition coefficient (Wildman–Crippen LogP) is 3.91. The van der Waals surface area contributed by atoms with Crippen LogP contribution in [0.3, 0.4) is 0 Å². The zero-order valence-corrected chi connectivity index (χ0v) is 12.8. The monoisotopic (exact) mass is 274 g/mol. The van der Waals surface area contributed by atoms with Gasteiger partial charge in [-0.3, -0.25) is 0 Å². The molecule has 0 saturated carbocycles. The maximum atomic E-state index is 11.0. The third kappa shape index (κ3) is 2.84. The summed E-state index contributed by atoms with van der Waals surface area (Å²) >= 11 is 0. The number of rotatable bonds is 3. The number of aromatic carboxylic acids is 1. The number of aromatic nitrogens is 2. The van der Waals surface area contributed by atoms with Crippen LogP contribution in [-0.2, 0) is 5.54 Å². The summed E-state index contributed by atoms with van der Waals surface area (Å²) in [5.74, 6) is -0.921. The van der Waals surface area contributed by atoms with Gasteiger partial charge in [-0.1, -0.05) is 20.8 Å². The molecular formula is C16H22N2O2. The Morgan fingerprint density at radius 1 is 1.25 bits per heavy atom. The second-order valence-electron chi connectivity index (χ2n) is 7.17. The molecule has 108 valence electrons. The van der Waals surface area contributed by atoms with Crippen molar-refractivity contribution < 1.29 is 9.90 Å². The third-order valence-corrected chi connectivity index (χ3v) is 3.41. The SMILES string of the molecule is CC(C)(C)CC(C)(C)n1cnc2cc(C(=O)O)ccc21. The number of hydrogen-bond acceptors (Lipinski definition) is 2. The van der Waals surface area contributed by atoms with E-state index in [2.05, 4.69) is 44.2 Å². The molecule has 0 fully saturated rings. The average molecular weight is 274 g/mol. The first-order valence-electron chi connectivity index (χ1n) is 6.81. The summed E-state index contributed by atoms with van der Waals surface area (Å²) in [4.78, 5) is 15.4. The van der Waals surface area contributed by atoms with Gasteiger partial charge in [0.05, 0.1) is 22.9 Å². The Morgan fingerprint density at radius 2 is 1.90 bits per heavy atom. The lowest BCUT2D eigenvalue weighted by molar-refractivity contribution is 0.0697. The van der Waals surface area contributed by atoms with E-state index in [9.17, 15) is 4.79 Å². The zero-order chi connectivity index (χ0) is 15.1. The fourth-order valence-electron chi connectivity index (χ4n) is 3.01. The van der Waals surface area contributed by atoms with E-state index in [0.29, 0.717) is 0 Å². The van der Waals surface area contributed by atoms with Crippen LogP contribution in [-0.4, -0.2) is 20.6 Å². The van der Waals surface area contributed by atoms with Crippen LogP contribution in [0.25, 0.3) is 11.0 Å². The standard InChI is InChI=1S/C16H22N2O2/c1-15(2,3)9-16(4,5)18-10-17-12-8-11(14(19)20)6-7-13(12)18/h6-8,10H,9H2,1-5H3,(H,19,20). The van der Waals surface area contributed by atoms with Gasteiger partial charge in [-0.05, 0) is 43.9 Å². The molecule has 20 heavy (non-hydrogen) atoms. The van der Waals surface area contributed by atoms with Gasteiger partial charge in [0.1, 0.15) is 0 Å². The Labute approximate surface area is 119 Å². The number of fused-ring (bicyclic) bond motifs is 1. The molecule has 4 nitrogen and oxygen atoms in total. The fraction of sp³-hybridized carbons (Fsp3) is 0.500. The van der Waals surface area contributed by atoms with E-state index in [1.807, 2.05) is 12.4 Å². The van der Waals surface area contributed by atoms with E-state index in [1.165, 1.54) is 0 Å². The van der Waals surface area contributed by atoms with Gasteiger partial charge in [-0.15, -0.1) is 0 Å². The molecule has 0 bridgehead atoms. The molecule has 0 atom stereocenters. The molecule has 0 spiro atoms. The summed E-state index contributed by atoms with van der Waals surface area (Å²) in [5.41, 5.74) is 2.12. The second-order valence-corrected chi connectivity index (χ2v) is 7.17. The van der Waals surface area contributed by atoms with Gasteiger partial charge in [-0.2, -0.15) is 0 Å². The van der Waals surface area contributed by atoms with Crippen molar-refractivity contribution in [1.82, 2.24) is 9.55 Å². The summed E-state index contributed by atoms with van der Waals surface area (Å²) in [5, 5.41) is 9.03. The van der Waals surface area contributed by atoms with Gasteiger partial charge in [0, 0.05) is 5.54 Å². The first kappa shape index (κ1) is 14.6. The average Bonchev–Trinajstić information content (AvgIpc) is 2.68. The van der Waals surface area contributed by atoms with Gasteiger partial charge >= 0.3 is 5.97 Å². The lowest BCUT2D eigenvalue weighted by Crippen LogP contribution is -2.30. The van der Waals surface area contributed by atoms with Gasteiger partial charge < -0.3 is 9.67 Å². The van der Waals surface area contributed by atoms with Crippen molar-refractivity contribution in [3.05, 3.63) is 30.1 Å². The summed E-state index contributed by atoms with van der Waals surface area (Å²) in [7, 11) is 0. The van der Waals surface area contributed by atoms with Crippen LogP contribution in [0.15, 0.2) is 24.5 Å². The second kappa shape index (κ2) is 4.62. The molecule has 2 rings (SSSR count). The van der Waals surface area contributed by atoms with Crippen molar-refractivity contribution in [3.8, 4) is 0 Å². The van der Waals surface area contributed by atoms with Crippen LogP contribution in [0.2, 0.25) is 0 Å². The lowest BCUT2D eigenvalue weighted by Gasteiger charge is -2.34. The predicted molar refractivity (Wildman–Crippen MR) is 80.1 cm³/mol. The molecular weight excluding hydrogens is 252 g/mol. The van der Waals surface area contributed by atoms with Crippen LogP contribution in [0.5, 0.6) is 0 Å². The maximum absolute atomic E-state index is 11.0. The van der Waals surface area contributed by atoms with E-state index in [1.54, 1.807) is 12.1 Å². The van der Waals surface area contributed by atoms with Crippen molar-refractivity contribution >= 4 is 17.0 Å². The lowest BCUT2D eigenvalue weighted by atomic mass is 9.81. The first-order chi connectivity index (χ1) is 9.10. The Morgan fingerprint density at radius 3 is 2.45 bits per heavy atom. The summed E-state index contributed by atoms with van der Waals surface area (Å²) in [6.45, 7) is 11.0. The summed E-state index contributed by atoms with van der Waals surface area (Å²) in [6.07, 6.45) is 2.81. The molecule has 0 saturated heterocycles. The van der Waals surface area contributed by atoms with E-state index >= 15 is 0 Å². The highest BCUT2D eigenvalue weighted by Gasteiger charge is 2.28. The molecule has 1 aromatic carbocycles. The Kier molecular flexibility index (Phi) is 3.36. The van der Waals surface area contributed by atoms with Crippen molar-refractivity contribution in [2.24, 2.45) is 5.41 Å². The maximum Gasteiger partial charge on any atom is 0.335 e. The molecule has 0 radical (unpaired) electrons. The molecule has 0 aliphatic rings. The van der Waals surface area contributed by atoms with Crippen LogP contribution < -0.4 is 0 Å². The van der Waals surface area contributed by atoms with Crippen LogP contribution in [0.1, 0.15) is 51.4 Å². The topological polar surface area (TPSA) is 55.1 Å². The highest BCUT2D eigenvalue weighted by Crippen LogP contribution is 2.34. The molecule has 0 aliphatic heterocycles. The molecule has 0 amide bonds. The summed E-state index contributed by atoms with van der Waals surface area (Å²) < 4.78 is 2.14. The molecule has 0 aliphatic carbocycles. The quantitative estimate of drug-likeness (QED) is 0.923. The molecule has 1 aromatic heterocycles. The zero-order valence-electron chi connectivity index (χ0n) is 12.8. The number of imidazole rings is 1.